The molecule has 0 aromatic heterocycles. The van der Waals surface area contributed by atoms with E-state index < -0.39 is 10.0 Å². The van der Waals surface area contributed by atoms with Crippen LogP contribution < -0.4 is 10.0 Å². The van der Waals surface area contributed by atoms with Crippen LogP contribution in [0.15, 0.2) is 64.5 Å². The summed E-state index contributed by atoms with van der Waals surface area (Å²) in [7, 11) is -3.54. The first kappa shape index (κ1) is 18.1. The van der Waals surface area contributed by atoms with Crippen molar-refractivity contribution >= 4 is 21.8 Å². The second-order valence-corrected chi connectivity index (χ2v) is 7.85. The quantitative estimate of drug-likeness (QED) is 0.814. The number of fused-ring (bicyclic) bond motifs is 1. The number of rotatable bonds is 6. The Balaban J connectivity index is 1.52. The summed E-state index contributed by atoms with van der Waals surface area (Å²) in [5, 5.41) is 2.89. The van der Waals surface area contributed by atoms with E-state index in [2.05, 4.69) is 22.0 Å². The lowest BCUT2D eigenvalue weighted by Crippen LogP contribution is -2.28. The summed E-state index contributed by atoms with van der Waals surface area (Å²) in [5.74, 6) is 0.414. The molecule has 0 radical (unpaired) electrons. The van der Waals surface area contributed by atoms with E-state index in [0.717, 1.165) is 0 Å². The van der Waals surface area contributed by atoms with Crippen molar-refractivity contribution in [2.75, 3.05) is 13.1 Å². The first-order valence-electron chi connectivity index (χ1n) is 8.45. The second kappa shape index (κ2) is 7.70. The minimum atomic E-state index is -3.54. The Labute approximate surface area is 153 Å². The topological polar surface area (TPSA) is 87.6 Å². The van der Waals surface area contributed by atoms with Gasteiger partial charge in [-0.25, -0.2) is 8.42 Å². The van der Waals surface area contributed by atoms with Crippen molar-refractivity contribution in [2.45, 2.75) is 24.2 Å². The maximum absolute atomic E-state index is 12.0. The van der Waals surface area contributed by atoms with Crippen molar-refractivity contribution in [2.24, 2.45) is 4.99 Å². The number of sulfonamides is 1. The molecule has 1 aliphatic heterocycles. The Hall–Kier alpha value is -2.67. The van der Waals surface area contributed by atoms with Crippen LogP contribution in [0, 0.1) is 0 Å². The molecule has 136 valence electrons. The molecule has 3 rings (SSSR count). The van der Waals surface area contributed by atoms with Crippen molar-refractivity contribution in [1.82, 2.24) is 10.0 Å². The molecular weight excluding hydrogens is 350 g/mol. The molecule has 2 N–H and O–H groups in total. The van der Waals surface area contributed by atoms with Crippen LogP contribution in [0.2, 0.25) is 0 Å². The van der Waals surface area contributed by atoms with Gasteiger partial charge in [0.25, 0.3) is 10.0 Å². The average Bonchev–Trinajstić information content (AvgIpc) is 2.91. The standard InChI is InChI=1S/C19H21N3O3S/c1-14(15-7-3-2-4-8-15)13-21-18(23)11-12-20-19-16-9-5-6-10-17(16)26(24,25)22-19/h2-10,14H,11-13H2,1H3,(H,20,22)(H,21,23). The maximum atomic E-state index is 12.0. The van der Waals surface area contributed by atoms with E-state index in [-0.39, 0.29) is 29.7 Å². The third-order valence-corrected chi connectivity index (χ3v) is 5.64. The van der Waals surface area contributed by atoms with Gasteiger partial charge in [-0.2, -0.15) is 0 Å². The van der Waals surface area contributed by atoms with Gasteiger partial charge in [-0.05, 0) is 23.6 Å². The minimum absolute atomic E-state index is 0.105. The van der Waals surface area contributed by atoms with Gasteiger partial charge in [0.2, 0.25) is 5.91 Å². The molecule has 0 saturated heterocycles. The molecule has 0 bridgehead atoms. The molecule has 1 heterocycles. The fourth-order valence-corrected chi connectivity index (χ4v) is 4.03. The summed E-state index contributed by atoms with van der Waals surface area (Å²) in [6, 6.07) is 16.7. The zero-order valence-corrected chi connectivity index (χ0v) is 15.3. The molecule has 26 heavy (non-hydrogen) atoms. The van der Waals surface area contributed by atoms with Crippen molar-refractivity contribution in [3.05, 3.63) is 65.7 Å². The largest absolute Gasteiger partial charge is 0.355 e. The summed E-state index contributed by atoms with van der Waals surface area (Å²) in [6.07, 6.45) is 0.203. The smallest absolute Gasteiger partial charge is 0.263 e. The van der Waals surface area contributed by atoms with Gasteiger partial charge in [0.05, 0.1) is 11.4 Å². The first-order valence-corrected chi connectivity index (χ1v) is 9.94. The Bertz CT molecular complexity index is 924. The SMILES string of the molecule is CC(CNC(=O)CCN=C1NS(=O)(=O)c2ccccc21)c1ccccc1. The molecule has 2 aromatic carbocycles. The molecular formula is C19H21N3O3S. The number of hydrogen-bond acceptors (Lipinski definition) is 4. The predicted octanol–water partition coefficient (Wildman–Crippen LogP) is 2.04. The minimum Gasteiger partial charge on any atom is -0.355 e. The van der Waals surface area contributed by atoms with Crippen molar-refractivity contribution in [3.8, 4) is 0 Å². The Morgan fingerprint density at radius 1 is 1.12 bits per heavy atom. The average molecular weight is 371 g/mol. The third-order valence-electron chi connectivity index (χ3n) is 4.25. The number of aliphatic imine (C=N–C) groups is 1. The van der Waals surface area contributed by atoms with Gasteiger partial charge in [0, 0.05) is 18.5 Å². The number of carbonyl (C=O) groups excluding carboxylic acids is 1. The summed E-state index contributed by atoms with van der Waals surface area (Å²) in [5.41, 5.74) is 1.72. The molecule has 1 aliphatic rings. The van der Waals surface area contributed by atoms with E-state index in [1.165, 1.54) is 11.6 Å². The van der Waals surface area contributed by atoms with Crippen molar-refractivity contribution in [3.63, 3.8) is 0 Å². The highest BCUT2D eigenvalue weighted by atomic mass is 32.2. The maximum Gasteiger partial charge on any atom is 0.263 e. The Kier molecular flexibility index (Phi) is 5.37. The summed E-state index contributed by atoms with van der Waals surface area (Å²) < 4.78 is 26.4. The number of amidine groups is 1. The molecule has 1 amide bonds. The fraction of sp³-hybridized carbons (Fsp3) is 0.263. The zero-order valence-electron chi connectivity index (χ0n) is 14.5. The van der Waals surface area contributed by atoms with E-state index in [1.807, 2.05) is 30.3 Å². The highest BCUT2D eigenvalue weighted by Crippen LogP contribution is 2.22. The van der Waals surface area contributed by atoms with E-state index in [1.54, 1.807) is 18.2 Å². The lowest BCUT2D eigenvalue weighted by Gasteiger charge is -2.12. The van der Waals surface area contributed by atoms with Gasteiger partial charge >= 0.3 is 0 Å². The van der Waals surface area contributed by atoms with Crippen molar-refractivity contribution < 1.29 is 13.2 Å². The van der Waals surface area contributed by atoms with E-state index >= 15 is 0 Å². The summed E-state index contributed by atoms with van der Waals surface area (Å²) in [6.45, 7) is 2.83. The number of carbonyl (C=O) groups is 1. The molecule has 7 heteroatoms. The van der Waals surface area contributed by atoms with Crippen LogP contribution in [-0.2, 0) is 14.8 Å². The Morgan fingerprint density at radius 2 is 1.81 bits per heavy atom. The van der Waals surface area contributed by atoms with Gasteiger partial charge in [0.15, 0.2) is 0 Å². The Morgan fingerprint density at radius 3 is 2.58 bits per heavy atom. The normalized spacial score (nSPS) is 17.3. The van der Waals surface area contributed by atoms with Crippen molar-refractivity contribution in [1.29, 1.82) is 0 Å². The molecule has 0 aliphatic carbocycles. The van der Waals surface area contributed by atoms with Crippen LogP contribution in [-0.4, -0.2) is 33.3 Å². The number of amides is 1. The highest BCUT2D eigenvalue weighted by Gasteiger charge is 2.29. The number of hydrogen-bond donors (Lipinski definition) is 2. The number of nitrogens with one attached hydrogen (secondary N) is 2. The predicted molar refractivity (Wildman–Crippen MR) is 101 cm³/mol. The molecule has 0 spiro atoms. The van der Waals surface area contributed by atoms with Crippen LogP contribution in [0.3, 0.4) is 0 Å². The lowest BCUT2D eigenvalue weighted by molar-refractivity contribution is -0.120. The summed E-state index contributed by atoms with van der Waals surface area (Å²) >= 11 is 0. The van der Waals surface area contributed by atoms with E-state index in [4.69, 9.17) is 0 Å². The van der Waals surface area contributed by atoms with Crippen LogP contribution in [0.5, 0.6) is 0 Å². The second-order valence-electron chi connectivity index (χ2n) is 6.20. The molecule has 6 nitrogen and oxygen atoms in total. The van der Waals surface area contributed by atoms with Gasteiger partial charge in [-0.1, -0.05) is 49.4 Å². The highest BCUT2D eigenvalue weighted by molar-refractivity contribution is 7.90. The van der Waals surface area contributed by atoms with Gasteiger partial charge < -0.3 is 5.32 Å². The van der Waals surface area contributed by atoms with Gasteiger partial charge in [-0.15, -0.1) is 0 Å². The molecule has 1 atom stereocenters. The zero-order chi connectivity index (χ0) is 18.6. The lowest BCUT2D eigenvalue weighted by atomic mass is 10.0. The van der Waals surface area contributed by atoms with Gasteiger partial charge in [-0.3, -0.25) is 14.5 Å². The van der Waals surface area contributed by atoms with Crippen LogP contribution >= 0.6 is 0 Å². The van der Waals surface area contributed by atoms with E-state index in [9.17, 15) is 13.2 Å². The van der Waals surface area contributed by atoms with Crippen LogP contribution in [0.1, 0.15) is 30.4 Å². The molecule has 1 unspecified atom stereocenters. The third kappa shape index (κ3) is 4.11. The fourth-order valence-electron chi connectivity index (χ4n) is 2.78. The van der Waals surface area contributed by atoms with E-state index in [0.29, 0.717) is 17.9 Å². The molecule has 0 saturated carbocycles. The number of nitrogens with zero attached hydrogens (tertiary/aromatic N) is 1. The monoisotopic (exact) mass is 371 g/mol. The molecule has 2 aromatic rings. The first-order chi connectivity index (χ1) is 12.5. The molecule has 0 fully saturated rings. The van der Waals surface area contributed by atoms with Crippen LogP contribution in [0.25, 0.3) is 0 Å². The summed E-state index contributed by atoms with van der Waals surface area (Å²) in [4.78, 5) is 16.5. The van der Waals surface area contributed by atoms with Crippen LogP contribution in [0.4, 0.5) is 0 Å². The van der Waals surface area contributed by atoms with Gasteiger partial charge in [0.1, 0.15) is 5.84 Å². The number of benzene rings is 2.